The molecule has 256 valence electrons. The molecular formula is C35H29N3O9S3. The fraction of sp³-hybridized carbons (Fsp3) is 0.0571. The molecule has 5 aromatic rings. The smallest absolute Gasteiger partial charge is 0.265 e. The Hall–Kier alpha value is -5.64. The quantitative estimate of drug-likeness (QED) is 0.0907. The molecule has 5 rings (SSSR count). The van der Waals surface area contributed by atoms with Crippen molar-refractivity contribution in [3.8, 4) is 0 Å². The first-order valence-corrected chi connectivity index (χ1v) is 19.0. The first-order chi connectivity index (χ1) is 24.0. The van der Waals surface area contributed by atoms with Crippen LogP contribution in [0.4, 0.5) is 0 Å². The molecule has 0 radical (unpaired) electrons. The van der Waals surface area contributed by atoms with E-state index in [1.807, 2.05) is 0 Å². The van der Waals surface area contributed by atoms with Gasteiger partial charge < -0.3 is 0 Å². The summed E-state index contributed by atoms with van der Waals surface area (Å²) >= 11 is 0. The maximum absolute atomic E-state index is 13.1. The van der Waals surface area contributed by atoms with Gasteiger partial charge in [0.2, 0.25) is 0 Å². The molecule has 0 aliphatic carbocycles. The zero-order valence-electron chi connectivity index (χ0n) is 26.1. The van der Waals surface area contributed by atoms with Crippen molar-refractivity contribution in [2.45, 2.75) is 27.5 Å². The van der Waals surface area contributed by atoms with Crippen LogP contribution in [-0.4, -0.2) is 42.4 Å². The average Bonchev–Trinajstić information content (AvgIpc) is 3.15. The van der Waals surface area contributed by atoms with Gasteiger partial charge in [-0.3, -0.25) is 12.9 Å². The fourth-order valence-corrected chi connectivity index (χ4v) is 6.64. The number of hydrogen-bond donors (Lipinski definition) is 0. The van der Waals surface area contributed by atoms with Gasteiger partial charge in [0.1, 0.15) is 14.7 Å². The van der Waals surface area contributed by atoms with Gasteiger partial charge in [-0.05, 0) is 47.5 Å². The van der Waals surface area contributed by atoms with Crippen LogP contribution in [0.3, 0.4) is 0 Å². The summed E-state index contributed by atoms with van der Waals surface area (Å²) in [5, 5.41) is 11.9. The monoisotopic (exact) mass is 731 g/mol. The first kappa shape index (κ1) is 35.7. The van der Waals surface area contributed by atoms with Gasteiger partial charge in [0.15, 0.2) is 0 Å². The maximum atomic E-state index is 13.1. The summed E-state index contributed by atoms with van der Waals surface area (Å²) in [6.45, 7) is 0. The van der Waals surface area contributed by atoms with Crippen LogP contribution in [0.15, 0.2) is 182 Å². The molecule has 0 aliphatic rings. The largest absolute Gasteiger partial charge is 0.358 e. The molecule has 0 saturated heterocycles. The van der Waals surface area contributed by atoms with E-state index < -0.39 is 30.4 Å². The van der Waals surface area contributed by atoms with E-state index in [-0.39, 0.29) is 44.7 Å². The van der Waals surface area contributed by atoms with Crippen LogP contribution in [0.5, 0.6) is 0 Å². The van der Waals surface area contributed by atoms with Gasteiger partial charge in [-0.15, -0.1) is 0 Å². The van der Waals surface area contributed by atoms with Crippen molar-refractivity contribution in [1.82, 2.24) is 0 Å². The third-order valence-electron chi connectivity index (χ3n) is 6.81. The topological polar surface area (TPSA) is 167 Å². The van der Waals surface area contributed by atoms with E-state index in [1.165, 1.54) is 72.8 Å². The Labute approximate surface area is 290 Å². The Kier molecular flexibility index (Phi) is 11.5. The number of rotatable bonds is 15. The van der Waals surface area contributed by atoms with E-state index in [1.54, 1.807) is 78.9 Å². The van der Waals surface area contributed by atoms with Gasteiger partial charge in [-0.1, -0.05) is 131 Å². The predicted octanol–water partition coefficient (Wildman–Crippen LogP) is 6.15. The van der Waals surface area contributed by atoms with Crippen LogP contribution in [-0.2, 0) is 43.2 Å². The van der Waals surface area contributed by atoms with Crippen molar-refractivity contribution in [2.24, 2.45) is 15.5 Å². The van der Waals surface area contributed by atoms with E-state index in [2.05, 4.69) is 15.5 Å². The highest BCUT2D eigenvalue weighted by Gasteiger charge is 2.22. The molecule has 0 unspecified atom stereocenters. The van der Waals surface area contributed by atoms with Crippen LogP contribution in [0.25, 0.3) is 0 Å². The van der Waals surface area contributed by atoms with E-state index >= 15 is 0 Å². The lowest BCUT2D eigenvalue weighted by Gasteiger charge is -2.12. The van der Waals surface area contributed by atoms with Crippen molar-refractivity contribution < 1.29 is 38.1 Å². The lowest BCUT2D eigenvalue weighted by Crippen LogP contribution is -2.18. The van der Waals surface area contributed by atoms with Crippen molar-refractivity contribution in [1.29, 1.82) is 0 Å². The standard InChI is InChI=1S/C35H29N3O9S3/c39-48(40,31-20-10-3-11-21-31)45-36-30(26-34(28-16-6-1-7-17-28)37-46-49(41,42)32-22-12-4-13-23-32)27-35(29-18-8-2-9-19-29)38-47-50(43,44)33-24-14-5-15-25-33/h1-25H,26-27H2/b37-34+,38-35+. The van der Waals surface area contributed by atoms with Crippen molar-refractivity contribution in [3.63, 3.8) is 0 Å². The second kappa shape index (κ2) is 16.2. The minimum Gasteiger partial charge on any atom is -0.265 e. The SMILES string of the molecule is O=S(=O)(ON=C(C/C(=N\OS(=O)(=O)c1ccccc1)c1ccccc1)C/C(=N\OS(=O)(=O)c1ccccc1)c1ccccc1)c1ccccc1. The highest BCUT2D eigenvalue weighted by molar-refractivity contribution is 7.87. The number of benzene rings is 5. The molecule has 0 aliphatic heterocycles. The van der Waals surface area contributed by atoms with Gasteiger partial charge in [0, 0.05) is 12.8 Å². The zero-order valence-corrected chi connectivity index (χ0v) is 28.5. The molecule has 0 heterocycles. The molecule has 0 N–H and O–H groups in total. The van der Waals surface area contributed by atoms with Crippen molar-refractivity contribution in [3.05, 3.63) is 163 Å². The summed E-state index contributed by atoms with van der Waals surface area (Å²) in [6, 6.07) is 38.8. The van der Waals surface area contributed by atoms with Crippen LogP contribution in [0.2, 0.25) is 0 Å². The molecular weight excluding hydrogens is 703 g/mol. The molecule has 0 atom stereocenters. The summed E-state index contributed by atoms with van der Waals surface area (Å²) < 4.78 is 93.3. The highest BCUT2D eigenvalue weighted by Crippen LogP contribution is 2.19. The Balaban J connectivity index is 1.57. The van der Waals surface area contributed by atoms with Gasteiger partial charge in [0.25, 0.3) is 0 Å². The van der Waals surface area contributed by atoms with Crippen LogP contribution in [0.1, 0.15) is 24.0 Å². The summed E-state index contributed by atoms with van der Waals surface area (Å²) in [5.74, 6) is 0. The molecule has 15 heteroatoms. The number of oxime groups is 3. The third kappa shape index (κ3) is 9.72. The lowest BCUT2D eigenvalue weighted by molar-refractivity contribution is 0.335. The van der Waals surface area contributed by atoms with E-state index in [9.17, 15) is 25.3 Å². The molecule has 0 fully saturated rings. The Bertz CT molecular complexity index is 2180. The number of hydrogen-bond acceptors (Lipinski definition) is 12. The second-order valence-electron chi connectivity index (χ2n) is 10.3. The van der Waals surface area contributed by atoms with Crippen molar-refractivity contribution in [2.75, 3.05) is 0 Å². The van der Waals surface area contributed by atoms with Gasteiger partial charge >= 0.3 is 30.4 Å². The maximum Gasteiger partial charge on any atom is 0.358 e. The summed E-state index contributed by atoms with van der Waals surface area (Å²) in [5.41, 5.74) is 0.812. The van der Waals surface area contributed by atoms with E-state index in [0.717, 1.165) is 0 Å². The molecule has 0 saturated carbocycles. The minimum atomic E-state index is -4.42. The summed E-state index contributed by atoms with van der Waals surface area (Å²) in [7, 11) is -13.1. The highest BCUT2D eigenvalue weighted by atomic mass is 32.2. The van der Waals surface area contributed by atoms with Gasteiger partial charge in [-0.25, -0.2) is 0 Å². The molecule has 0 spiro atoms. The molecule has 0 aromatic heterocycles. The lowest BCUT2D eigenvalue weighted by atomic mass is 9.99. The molecule has 5 aromatic carbocycles. The van der Waals surface area contributed by atoms with Gasteiger partial charge in [0.05, 0.1) is 17.1 Å². The fourth-order valence-electron chi connectivity index (χ4n) is 4.33. The molecule has 0 amide bonds. The zero-order chi connectivity index (χ0) is 35.5. The van der Waals surface area contributed by atoms with E-state index in [0.29, 0.717) is 11.1 Å². The molecule has 0 bridgehead atoms. The average molecular weight is 732 g/mol. The normalized spacial score (nSPS) is 12.5. The van der Waals surface area contributed by atoms with Crippen LogP contribution in [0, 0.1) is 0 Å². The first-order valence-electron chi connectivity index (χ1n) is 14.8. The van der Waals surface area contributed by atoms with E-state index in [4.69, 9.17) is 12.9 Å². The summed E-state index contributed by atoms with van der Waals surface area (Å²) in [6.07, 6.45) is -0.675. The number of nitrogens with zero attached hydrogens (tertiary/aromatic N) is 3. The summed E-state index contributed by atoms with van der Waals surface area (Å²) in [4.78, 5) is -0.457. The van der Waals surface area contributed by atoms with Gasteiger partial charge in [-0.2, -0.15) is 25.3 Å². The molecule has 50 heavy (non-hydrogen) atoms. The Morgan fingerprint density at radius 3 is 0.940 bits per heavy atom. The second-order valence-corrected chi connectivity index (χ2v) is 14.9. The minimum absolute atomic E-state index is 0.0230. The predicted molar refractivity (Wildman–Crippen MR) is 187 cm³/mol. The Morgan fingerprint density at radius 2 is 0.640 bits per heavy atom. The third-order valence-corrected chi connectivity index (χ3v) is 10.2. The van der Waals surface area contributed by atoms with Crippen molar-refractivity contribution >= 4 is 47.5 Å². The molecule has 12 nitrogen and oxygen atoms in total. The van der Waals surface area contributed by atoms with Crippen LogP contribution < -0.4 is 0 Å². The van der Waals surface area contributed by atoms with Crippen LogP contribution >= 0.6 is 0 Å². The Morgan fingerprint density at radius 1 is 0.380 bits per heavy atom.